The molecule has 0 spiro atoms. The van der Waals surface area contributed by atoms with E-state index >= 15 is 0 Å². The van der Waals surface area contributed by atoms with Crippen molar-refractivity contribution in [2.24, 2.45) is 29.6 Å². The Morgan fingerprint density at radius 2 is 1.43 bits per heavy atom. The number of fused-ring (bicyclic) bond motifs is 5. The summed E-state index contributed by atoms with van der Waals surface area (Å²) in [6.45, 7) is 16.8. The third kappa shape index (κ3) is 17.4. The summed E-state index contributed by atoms with van der Waals surface area (Å²) in [6, 6.07) is 25.7. The van der Waals surface area contributed by atoms with Gasteiger partial charge in [0.15, 0.2) is 0 Å². The van der Waals surface area contributed by atoms with Crippen molar-refractivity contribution in [2.75, 3.05) is 52.9 Å². The number of likely N-dealkylation sites (tertiary alicyclic amines) is 1. The first-order valence-electron chi connectivity index (χ1n) is 32.4. The summed E-state index contributed by atoms with van der Waals surface area (Å²) in [5.41, 5.74) is 6.19. The highest BCUT2D eigenvalue weighted by Gasteiger charge is 2.44. The second-order valence-corrected chi connectivity index (χ2v) is 27.3. The van der Waals surface area contributed by atoms with Crippen molar-refractivity contribution in [1.82, 2.24) is 45.4 Å². The van der Waals surface area contributed by atoms with Crippen LogP contribution in [0.5, 0.6) is 0 Å². The Bertz CT molecular complexity index is 3480. The minimum absolute atomic E-state index is 0.0304. The van der Waals surface area contributed by atoms with E-state index in [4.69, 9.17) is 14.0 Å². The SMILES string of the molecule is CCC(=O)N1Cc2ccccc2-c2c(nnn2Cc2ccc(C(=O)N[C@@H](CCOP(=O)(O)N(C)[C@H](C(=O)N[C@H](C(=O)N(C)[C@@H]([C@@H](C)CC)[C@@H](CC(=O)N3CCC([C@H](OC)[C@@H](C)C(=O)N[C@H](C)[C@@H](O)c4ccccc4)C3)OC)C(C)C)C(C)C)C(=O)O)cc2)-c2ccccc21. The fraction of sp³-hybridized carbons (Fsp3) is 0.522. The van der Waals surface area contributed by atoms with Gasteiger partial charge < -0.3 is 55.2 Å². The zero-order chi connectivity index (χ0) is 68.9. The van der Waals surface area contributed by atoms with E-state index in [0.29, 0.717) is 50.2 Å². The van der Waals surface area contributed by atoms with Crippen molar-refractivity contribution < 1.29 is 67.2 Å². The summed E-state index contributed by atoms with van der Waals surface area (Å²) in [7, 11) is 0.971. The van der Waals surface area contributed by atoms with E-state index in [1.165, 1.54) is 26.2 Å². The highest BCUT2D eigenvalue weighted by atomic mass is 31.2. The van der Waals surface area contributed by atoms with Crippen LogP contribution in [0.2, 0.25) is 0 Å². The van der Waals surface area contributed by atoms with E-state index in [1.807, 2.05) is 87.5 Å². The molecule has 4 aromatic carbocycles. The van der Waals surface area contributed by atoms with Gasteiger partial charge in [-0.1, -0.05) is 152 Å². The summed E-state index contributed by atoms with van der Waals surface area (Å²) in [5, 5.41) is 38.5. The number of amides is 6. The number of carbonyl (C=O) groups is 7. The number of para-hydroxylation sites is 1. The molecule has 6 amide bonds. The van der Waals surface area contributed by atoms with Gasteiger partial charge >= 0.3 is 13.7 Å². The molecule has 0 radical (unpaired) electrons. The molecule has 0 bridgehead atoms. The molecule has 25 heteroatoms. The maximum absolute atomic E-state index is 14.8. The van der Waals surface area contributed by atoms with Gasteiger partial charge in [0.05, 0.1) is 73.8 Å². The number of carboxylic acid groups (broad SMARTS) is 1. The van der Waals surface area contributed by atoms with Crippen LogP contribution in [0.25, 0.3) is 22.5 Å². The second-order valence-electron chi connectivity index (χ2n) is 25.5. The number of aliphatic hydroxyl groups excluding tert-OH is 1. The van der Waals surface area contributed by atoms with Crippen LogP contribution in [-0.4, -0.2) is 176 Å². The summed E-state index contributed by atoms with van der Waals surface area (Å²) in [4.78, 5) is 113. The Hall–Kier alpha value is -7.70. The fourth-order valence-electron chi connectivity index (χ4n) is 12.8. The lowest BCUT2D eigenvalue weighted by Crippen LogP contribution is -2.59. The molecule has 24 nitrogen and oxygen atoms in total. The molecule has 5 aromatic rings. The first kappa shape index (κ1) is 73.7. The van der Waals surface area contributed by atoms with Gasteiger partial charge in [-0.3, -0.25) is 33.3 Å². The number of rotatable bonds is 31. The van der Waals surface area contributed by atoms with E-state index in [2.05, 4.69) is 26.3 Å². The molecule has 1 saturated heterocycles. The molecule has 0 saturated carbocycles. The molecular formula is C69H95N10O14P. The van der Waals surface area contributed by atoms with Gasteiger partial charge in [0, 0.05) is 69.8 Å². The van der Waals surface area contributed by atoms with Crippen LogP contribution in [0, 0.1) is 29.6 Å². The predicted molar refractivity (Wildman–Crippen MR) is 355 cm³/mol. The summed E-state index contributed by atoms with van der Waals surface area (Å²) in [6.07, 6.45) is -1.24. The standard InChI is InChI=1S/C69H95N10O14P/c1-14-43(7)61(55(91-12)37-57(81)77-35-33-50(39-77)64(92-13)44(8)65(83)70-45(9)63(82)47-23-17-16-18-24-47)75(10)68(86)58(41(3)4)72-67(85)60(42(5)6)76(11)94(89,90)93-36-34-53(69(87)88)71-66(84)48-31-29-46(30-32-48)38-79-62-51-26-20-19-25-49(51)40-78(56(80)15-2)54-28-22-21-27-52(54)59(62)73-74-79/h16-32,41-45,50,53,55,58,60-61,63-64,82H,14-15,33-40H2,1-13H3,(H,70,83)(H,71,84)(H,72,85)(H,87,88)(H,89,90)/t43-,44+,45+,50?,53-,55+,58-,60-,61-,63+,64+/m0/s1. The zero-order valence-corrected chi connectivity index (χ0v) is 57.2. The summed E-state index contributed by atoms with van der Waals surface area (Å²) in [5.74, 6) is -5.98. The predicted octanol–water partition coefficient (Wildman–Crippen LogP) is 7.72. The number of nitrogens with zero attached hydrogens (tertiary/aromatic N) is 7. The van der Waals surface area contributed by atoms with Crippen LogP contribution < -0.4 is 20.9 Å². The molecule has 1 aromatic heterocycles. The van der Waals surface area contributed by atoms with E-state index in [9.17, 15) is 53.2 Å². The average molecular weight is 1320 g/mol. The summed E-state index contributed by atoms with van der Waals surface area (Å²) < 4.78 is 34.1. The van der Waals surface area contributed by atoms with E-state index in [1.54, 1.807) is 99.5 Å². The number of hydrogen-bond donors (Lipinski definition) is 6. The van der Waals surface area contributed by atoms with Crippen LogP contribution >= 0.6 is 7.75 Å². The molecule has 2 aliphatic rings. The lowest BCUT2D eigenvalue weighted by molar-refractivity contribution is -0.146. The zero-order valence-electron chi connectivity index (χ0n) is 56.3. The third-order valence-corrected chi connectivity index (χ3v) is 20.0. The third-order valence-electron chi connectivity index (χ3n) is 18.4. The van der Waals surface area contributed by atoms with Crippen molar-refractivity contribution in [3.63, 3.8) is 0 Å². The number of anilines is 1. The van der Waals surface area contributed by atoms with E-state index in [0.717, 1.165) is 38.3 Å². The first-order chi connectivity index (χ1) is 44.7. The highest BCUT2D eigenvalue weighted by Crippen LogP contribution is 2.48. The number of carboxylic acids is 1. The summed E-state index contributed by atoms with van der Waals surface area (Å²) >= 11 is 0. The molecule has 3 heterocycles. The average Bonchev–Trinajstić information content (AvgIpc) is 1.49. The molecule has 0 aliphatic carbocycles. The van der Waals surface area contributed by atoms with Crippen LogP contribution in [0.15, 0.2) is 103 Å². The monoisotopic (exact) mass is 1320 g/mol. The molecule has 2 unspecified atom stereocenters. The topological polar surface area (TPSA) is 305 Å². The Morgan fingerprint density at radius 1 is 0.777 bits per heavy atom. The minimum atomic E-state index is -4.87. The number of aliphatic hydroxyl groups is 1. The van der Waals surface area contributed by atoms with E-state index < -0.39 is 111 Å². The number of benzene rings is 4. The molecule has 12 atom stereocenters. The van der Waals surface area contributed by atoms with Gasteiger partial charge in [0.25, 0.3) is 5.91 Å². The molecule has 94 heavy (non-hydrogen) atoms. The Morgan fingerprint density at radius 3 is 2.04 bits per heavy atom. The number of aromatic nitrogens is 3. The quantitative estimate of drug-likeness (QED) is 0.0231. The van der Waals surface area contributed by atoms with Crippen molar-refractivity contribution in [2.45, 2.75) is 156 Å². The lowest BCUT2D eigenvalue weighted by atomic mass is 9.89. The molecule has 1 fully saturated rings. The molecule has 2 aliphatic heterocycles. The van der Waals surface area contributed by atoms with Crippen molar-refractivity contribution in [3.8, 4) is 22.5 Å². The minimum Gasteiger partial charge on any atom is -0.480 e. The molecule has 510 valence electrons. The smallest absolute Gasteiger partial charge is 0.406 e. The number of ether oxygens (including phenoxy) is 2. The Kier molecular flexibility index (Phi) is 26.0. The van der Waals surface area contributed by atoms with Crippen LogP contribution in [-0.2, 0) is 60.4 Å². The maximum Gasteiger partial charge on any atom is 0.406 e. The van der Waals surface area contributed by atoms with Gasteiger partial charge in [-0.05, 0) is 73.0 Å². The fourth-order valence-corrected chi connectivity index (χ4v) is 14.0. The Balaban J connectivity index is 0.943. The van der Waals surface area contributed by atoms with Crippen molar-refractivity contribution in [1.29, 1.82) is 0 Å². The van der Waals surface area contributed by atoms with Crippen molar-refractivity contribution >= 4 is 54.8 Å². The van der Waals surface area contributed by atoms with Gasteiger partial charge in [-0.2, -0.15) is 4.67 Å². The number of nitrogens with one attached hydrogen (secondary N) is 3. The highest BCUT2D eigenvalue weighted by molar-refractivity contribution is 7.50. The number of carbonyl (C=O) groups excluding carboxylic acids is 6. The number of aliphatic carboxylic acids is 1. The largest absolute Gasteiger partial charge is 0.480 e. The number of hydrogen-bond acceptors (Lipinski definition) is 14. The molecule has 6 N–H and O–H groups in total. The van der Waals surface area contributed by atoms with Gasteiger partial charge in [0.1, 0.15) is 23.8 Å². The number of methoxy groups -OCH3 is 2. The van der Waals surface area contributed by atoms with Gasteiger partial charge in [0.2, 0.25) is 29.5 Å². The maximum atomic E-state index is 14.8. The van der Waals surface area contributed by atoms with Gasteiger partial charge in [-0.25, -0.2) is 14.0 Å². The van der Waals surface area contributed by atoms with Gasteiger partial charge in [-0.15, -0.1) is 5.10 Å². The molecular weight excluding hydrogens is 1220 g/mol. The van der Waals surface area contributed by atoms with Crippen molar-refractivity contribution in [3.05, 3.63) is 125 Å². The van der Waals surface area contributed by atoms with Crippen LogP contribution in [0.4, 0.5) is 5.69 Å². The molecule has 7 rings (SSSR count). The first-order valence-corrected chi connectivity index (χ1v) is 33.9. The van der Waals surface area contributed by atoms with Crippen LogP contribution in [0.1, 0.15) is 128 Å². The number of likely N-dealkylation sites (N-methyl/N-ethyl adjacent to an activating group) is 2. The normalized spacial score (nSPS) is 17.7. The van der Waals surface area contributed by atoms with Crippen LogP contribution in [0.3, 0.4) is 0 Å². The lowest BCUT2D eigenvalue weighted by Gasteiger charge is -2.40. The Labute approximate surface area is 551 Å². The van der Waals surface area contributed by atoms with E-state index in [-0.39, 0.29) is 48.1 Å². The second kappa shape index (κ2) is 33.1.